The zero-order chi connectivity index (χ0) is 38.7. The van der Waals surface area contributed by atoms with Crippen LogP contribution in [0.5, 0.6) is 0 Å². The number of hydrogen-bond donors (Lipinski definition) is 2. The summed E-state index contributed by atoms with van der Waals surface area (Å²) < 4.78 is 57.6. The molecule has 7 rings (SSSR count). The molecule has 3 aliphatic rings. The van der Waals surface area contributed by atoms with E-state index in [0.717, 1.165) is 34.6 Å². The molecule has 0 unspecified atom stereocenters. The number of aromatic amines is 1. The predicted molar refractivity (Wildman–Crippen MR) is 198 cm³/mol. The van der Waals surface area contributed by atoms with Crippen molar-refractivity contribution >= 4 is 23.8 Å². The van der Waals surface area contributed by atoms with Crippen LogP contribution in [0.1, 0.15) is 83.8 Å². The molecule has 0 saturated carbocycles. The number of imidazole rings is 1. The normalized spacial score (nSPS) is 20.4. The Bertz CT molecular complexity index is 2100. The second-order valence-corrected chi connectivity index (χ2v) is 16.2. The average Bonchev–Trinajstić information content (AvgIpc) is 3.89. The van der Waals surface area contributed by atoms with Gasteiger partial charge in [0, 0.05) is 29.8 Å². The van der Waals surface area contributed by atoms with Gasteiger partial charge in [-0.15, -0.1) is 0 Å². The highest BCUT2D eigenvalue weighted by molar-refractivity contribution is 5.98. The molecule has 1 aliphatic carbocycles. The maximum Gasteiger partial charge on any atom is 0.411 e. The number of benzene rings is 3. The molecular formula is C41H44F3N5O5. The van der Waals surface area contributed by atoms with Gasteiger partial charge in [-0.1, -0.05) is 42.5 Å². The summed E-state index contributed by atoms with van der Waals surface area (Å²) in [5.74, 6) is -3.37. The van der Waals surface area contributed by atoms with E-state index in [0.29, 0.717) is 29.1 Å². The Labute approximate surface area is 312 Å². The molecule has 0 bridgehead atoms. The maximum atomic E-state index is 16.1. The van der Waals surface area contributed by atoms with Gasteiger partial charge in [-0.25, -0.2) is 19.0 Å². The van der Waals surface area contributed by atoms with Crippen molar-refractivity contribution in [2.75, 3.05) is 18.4 Å². The molecule has 2 N–H and O–H groups in total. The van der Waals surface area contributed by atoms with E-state index < -0.39 is 41.3 Å². The Hall–Kier alpha value is -5.33. The molecule has 2 fully saturated rings. The van der Waals surface area contributed by atoms with Gasteiger partial charge >= 0.3 is 12.2 Å². The molecule has 13 heteroatoms. The van der Waals surface area contributed by atoms with E-state index in [4.69, 9.17) is 9.47 Å². The lowest BCUT2D eigenvalue weighted by Gasteiger charge is -2.27. The van der Waals surface area contributed by atoms with Crippen molar-refractivity contribution in [3.63, 3.8) is 0 Å². The maximum absolute atomic E-state index is 16.1. The summed E-state index contributed by atoms with van der Waals surface area (Å²) in [5, 5.41) is 2.62. The summed E-state index contributed by atoms with van der Waals surface area (Å²) in [4.78, 5) is 49.4. The van der Waals surface area contributed by atoms with E-state index in [1.54, 1.807) is 44.0 Å². The molecule has 284 valence electrons. The minimum atomic E-state index is -3.36. The van der Waals surface area contributed by atoms with Crippen LogP contribution >= 0.6 is 0 Å². The van der Waals surface area contributed by atoms with Crippen LogP contribution in [0.25, 0.3) is 33.5 Å². The SMILES string of the molecule is CC(C)(C)OC(=O)N1C[C@@H](F)C[C@H]1C(=O)Nc1ccc2c(c1)C(F)(F)c1cc(-c3ccc(-c4cnc([C@@H]5CCCN5C(=O)OC(C)(C)C)[nH]4)cc3)ccc1-2. The zero-order valence-electron chi connectivity index (χ0n) is 31.1. The van der Waals surface area contributed by atoms with E-state index in [9.17, 15) is 18.8 Å². The number of rotatable bonds is 5. The van der Waals surface area contributed by atoms with Gasteiger partial charge in [-0.2, -0.15) is 8.78 Å². The van der Waals surface area contributed by atoms with Crippen LogP contribution in [0.4, 0.5) is 28.4 Å². The smallest absolute Gasteiger partial charge is 0.411 e. The molecule has 4 aromatic rings. The number of aromatic nitrogens is 2. The van der Waals surface area contributed by atoms with E-state index in [1.807, 2.05) is 45.0 Å². The van der Waals surface area contributed by atoms with Crippen molar-refractivity contribution < 1.29 is 37.0 Å². The van der Waals surface area contributed by atoms with Crippen molar-refractivity contribution in [3.8, 4) is 33.5 Å². The van der Waals surface area contributed by atoms with Crippen LogP contribution in [0.15, 0.2) is 66.9 Å². The molecule has 3 heterocycles. The second-order valence-electron chi connectivity index (χ2n) is 16.2. The Balaban J connectivity index is 1.06. The van der Waals surface area contributed by atoms with Gasteiger partial charge < -0.3 is 19.8 Å². The van der Waals surface area contributed by atoms with Crippen molar-refractivity contribution in [3.05, 3.63) is 83.8 Å². The van der Waals surface area contributed by atoms with Gasteiger partial charge in [-0.05, 0) is 100 Å². The van der Waals surface area contributed by atoms with E-state index in [1.165, 1.54) is 24.3 Å². The topological polar surface area (TPSA) is 117 Å². The van der Waals surface area contributed by atoms with Crippen molar-refractivity contribution in [2.24, 2.45) is 0 Å². The monoisotopic (exact) mass is 743 g/mol. The number of halogens is 3. The number of ether oxygens (including phenoxy) is 2. The van der Waals surface area contributed by atoms with Crippen molar-refractivity contribution in [1.82, 2.24) is 19.8 Å². The molecule has 3 aromatic carbocycles. The summed E-state index contributed by atoms with van der Waals surface area (Å²) in [6.07, 6.45) is 0.511. The van der Waals surface area contributed by atoms with Crippen molar-refractivity contribution in [2.45, 2.75) is 96.2 Å². The fourth-order valence-electron chi connectivity index (χ4n) is 7.35. The first kappa shape index (κ1) is 37.0. The van der Waals surface area contributed by atoms with Gasteiger partial charge in [0.05, 0.1) is 24.5 Å². The number of likely N-dealkylation sites (tertiary alicyclic amines) is 2. The highest BCUT2D eigenvalue weighted by Crippen LogP contribution is 2.52. The largest absolute Gasteiger partial charge is 0.444 e. The summed E-state index contributed by atoms with van der Waals surface area (Å²) in [6.45, 7) is 10.8. The molecule has 3 amide bonds. The Morgan fingerprint density at radius 1 is 0.833 bits per heavy atom. The third-order valence-corrected chi connectivity index (χ3v) is 9.78. The molecule has 54 heavy (non-hydrogen) atoms. The molecule has 10 nitrogen and oxygen atoms in total. The molecule has 2 saturated heterocycles. The van der Waals surface area contributed by atoms with Crippen LogP contribution in [0.3, 0.4) is 0 Å². The fourth-order valence-corrected chi connectivity index (χ4v) is 7.35. The number of hydrogen-bond acceptors (Lipinski definition) is 6. The van der Waals surface area contributed by atoms with Crippen LogP contribution in [0.2, 0.25) is 0 Å². The minimum Gasteiger partial charge on any atom is -0.444 e. The molecule has 2 aliphatic heterocycles. The van der Waals surface area contributed by atoms with E-state index >= 15 is 8.78 Å². The number of fused-ring (bicyclic) bond motifs is 3. The summed E-state index contributed by atoms with van der Waals surface area (Å²) in [7, 11) is 0. The molecule has 1 aromatic heterocycles. The number of carbonyl (C=O) groups excluding carboxylic acids is 3. The Morgan fingerprint density at radius 3 is 2.09 bits per heavy atom. The Kier molecular flexibility index (Phi) is 9.26. The van der Waals surface area contributed by atoms with Crippen molar-refractivity contribution in [1.29, 1.82) is 0 Å². The quantitative estimate of drug-likeness (QED) is 0.211. The molecule has 0 radical (unpaired) electrons. The average molecular weight is 744 g/mol. The van der Waals surface area contributed by atoms with Gasteiger partial charge in [-0.3, -0.25) is 14.6 Å². The lowest BCUT2D eigenvalue weighted by Crippen LogP contribution is -2.45. The van der Waals surface area contributed by atoms with Crippen LogP contribution < -0.4 is 5.32 Å². The lowest BCUT2D eigenvalue weighted by atomic mass is 9.97. The third-order valence-electron chi connectivity index (χ3n) is 9.78. The third kappa shape index (κ3) is 7.28. The number of carbonyl (C=O) groups is 3. The number of alkyl halides is 3. The highest BCUT2D eigenvalue weighted by Gasteiger charge is 2.46. The lowest BCUT2D eigenvalue weighted by molar-refractivity contribution is -0.120. The van der Waals surface area contributed by atoms with Gasteiger partial charge in [0.1, 0.15) is 29.2 Å². The molecular weight excluding hydrogens is 699 g/mol. The molecule has 0 spiro atoms. The number of anilines is 1. The second kappa shape index (κ2) is 13.5. The number of amides is 3. The van der Waals surface area contributed by atoms with E-state index in [-0.39, 0.29) is 41.9 Å². The van der Waals surface area contributed by atoms with Crippen LogP contribution in [-0.2, 0) is 20.2 Å². The first-order chi connectivity index (χ1) is 25.4. The van der Waals surface area contributed by atoms with Gasteiger partial charge in [0.25, 0.3) is 5.92 Å². The number of nitrogens with one attached hydrogen (secondary N) is 2. The standard InChI is InChI=1S/C41H44F3N5O5/c1-39(2,3)53-37(51)48-17-7-8-33(48)35-45-21-32(47-35)24-11-9-23(10-12-24)25-13-15-28-29-16-14-27(20-31(29)41(43,44)30(28)18-25)46-36(50)34-19-26(42)22-49(34)38(52)54-40(4,5)6/h9-16,18,20-21,26,33-34H,7-8,17,19,22H2,1-6H3,(H,45,47)(H,46,50)/t26-,33-,34-/m0/s1. The van der Waals surface area contributed by atoms with Crippen LogP contribution in [0, 0.1) is 0 Å². The summed E-state index contributed by atoms with van der Waals surface area (Å²) in [5.41, 5.74) is 1.95. The predicted octanol–water partition coefficient (Wildman–Crippen LogP) is 9.22. The minimum absolute atomic E-state index is 0.112. The fraction of sp³-hybridized carbons (Fsp3) is 0.415. The number of H-pyrrole nitrogens is 1. The first-order valence-electron chi connectivity index (χ1n) is 18.1. The van der Waals surface area contributed by atoms with Crippen LogP contribution in [-0.4, -0.2) is 74.4 Å². The molecule has 3 atom stereocenters. The zero-order valence-corrected chi connectivity index (χ0v) is 31.1. The first-order valence-corrected chi connectivity index (χ1v) is 18.1. The summed E-state index contributed by atoms with van der Waals surface area (Å²) in [6, 6.07) is 15.4. The number of nitrogens with zero attached hydrogens (tertiary/aromatic N) is 3. The highest BCUT2D eigenvalue weighted by atomic mass is 19.3. The van der Waals surface area contributed by atoms with Gasteiger partial charge in [0.15, 0.2) is 0 Å². The van der Waals surface area contributed by atoms with Gasteiger partial charge in [0.2, 0.25) is 5.91 Å². The van der Waals surface area contributed by atoms with E-state index in [2.05, 4.69) is 15.3 Å². The Morgan fingerprint density at radius 2 is 1.43 bits per heavy atom. The summed E-state index contributed by atoms with van der Waals surface area (Å²) >= 11 is 0.